The van der Waals surface area contributed by atoms with E-state index in [1.165, 1.54) is 6.92 Å². The summed E-state index contributed by atoms with van der Waals surface area (Å²) in [6.07, 6.45) is 0.927. The molecule has 0 unspecified atom stereocenters. The molecule has 1 aromatic rings. The largest absolute Gasteiger partial charge is 0.489 e. The van der Waals surface area contributed by atoms with Gasteiger partial charge in [0.2, 0.25) is 0 Å². The van der Waals surface area contributed by atoms with Gasteiger partial charge in [0.15, 0.2) is 6.10 Å². The van der Waals surface area contributed by atoms with E-state index in [1.54, 1.807) is 24.3 Å². The van der Waals surface area contributed by atoms with Crippen molar-refractivity contribution in [1.29, 1.82) is 0 Å². The van der Waals surface area contributed by atoms with Gasteiger partial charge < -0.3 is 24.1 Å². The van der Waals surface area contributed by atoms with Crippen molar-refractivity contribution in [3.8, 4) is 11.5 Å². The maximum Gasteiger partial charge on any atom is 0.303 e. The number of benzene rings is 1. The van der Waals surface area contributed by atoms with Gasteiger partial charge in [0, 0.05) is 18.1 Å². The molecule has 6 heteroatoms. The third-order valence-corrected chi connectivity index (χ3v) is 3.96. The van der Waals surface area contributed by atoms with Crippen LogP contribution in [0.4, 0.5) is 0 Å². The van der Waals surface area contributed by atoms with E-state index in [-0.39, 0.29) is 12.7 Å². The SMILES string of the molecule is C=CCOc1ccc(OCC=C)c2c1[C@@H](O)[C@H]1O[C@H]1[C@H]2OC(C)=O. The van der Waals surface area contributed by atoms with Gasteiger partial charge in [-0.3, -0.25) is 4.79 Å². The zero-order valence-corrected chi connectivity index (χ0v) is 13.4. The first kappa shape index (κ1) is 16.5. The monoisotopic (exact) mass is 332 g/mol. The van der Waals surface area contributed by atoms with Crippen molar-refractivity contribution >= 4 is 5.97 Å². The van der Waals surface area contributed by atoms with Crippen LogP contribution in [-0.2, 0) is 14.3 Å². The Hall–Kier alpha value is -2.31. The van der Waals surface area contributed by atoms with Gasteiger partial charge in [-0.05, 0) is 12.1 Å². The van der Waals surface area contributed by atoms with Crippen LogP contribution in [0.5, 0.6) is 11.5 Å². The molecule has 1 saturated heterocycles. The fourth-order valence-electron chi connectivity index (χ4n) is 3.01. The molecule has 128 valence electrons. The van der Waals surface area contributed by atoms with Gasteiger partial charge in [0.25, 0.3) is 0 Å². The highest BCUT2D eigenvalue weighted by atomic mass is 16.6. The van der Waals surface area contributed by atoms with E-state index < -0.39 is 24.3 Å². The summed E-state index contributed by atoms with van der Waals surface area (Å²) in [5, 5.41) is 10.6. The summed E-state index contributed by atoms with van der Waals surface area (Å²) < 4.78 is 22.3. The van der Waals surface area contributed by atoms with Crippen LogP contribution >= 0.6 is 0 Å². The van der Waals surface area contributed by atoms with Crippen molar-refractivity contribution in [3.63, 3.8) is 0 Å². The van der Waals surface area contributed by atoms with Crippen LogP contribution in [0.15, 0.2) is 37.4 Å². The number of hydrogen-bond acceptors (Lipinski definition) is 6. The molecule has 1 heterocycles. The molecule has 3 rings (SSSR count). The van der Waals surface area contributed by atoms with Gasteiger partial charge >= 0.3 is 5.97 Å². The normalized spacial score (nSPS) is 26.6. The number of carbonyl (C=O) groups excluding carboxylic acids is 1. The van der Waals surface area contributed by atoms with Crippen LogP contribution in [0, 0.1) is 0 Å². The fourth-order valence-corrected chi connectivity index (χ4v) is 3.01. The van der Waals surface area contributed by atoms with Crippen LogP contribution in [0.2, 0.25) is 0 Å². The molecule has 0 aromatic heterocycles. The second kappa shape index (κ2) is 6.67. The van der Waals surface area contributed by atoms with Gasteiger partial charge in [-0.1, -0.05) is 25.3 Å². The molecule has 0 spiro atoms. The Morgan fingerprint density at radius 1 is 1.17 bits per heavy atom. The molecule has 0 amide bonds. The lowest BCUT2D eigenvalue weighted by Crippen LogP contribution is -2.27. The lowest BCUT2D eigenvalue weighted by atomic mass is 9.85. The predicted octanol–water partition coefficient (Wildman–Crippen LogP) is 2.23. The molecule has 1 aliphatic heterocycles. The third kappa shape index (κ3) is 2.90. The Labute approximate surface area is 140 Å². The standard InChI is InChI=1S/C18H20O6/c1-4-8-21-11-6-7-12(22-9-5-2)14-13(11)15(20)17-18(24-17)16(14)23-10(3)19/h4-7,15-18,20H,1-2,8-9H2,3H3/t15-,16+,17-,18+/m1/s1. The average Bonchev–Trinajstić information content (AvgIpc) is 3.35. The molecule has 0 saturated carbocycles. The smallest absolute Gasteiger partial charge is 0.303 e. The Morgan fingerprint density at radius 2 is 1.75 bits per heavy atom. The summed E-state index contributed by atoms with van der Waals surface area (Å²) in [4.78, 5) is 11.5. The maximum absolute atomic E-state index is 11.5. The summed E-state index contributed by atoms with van der Waals surface area (Å²) >= 11 is 0. The van der Waals surface area contributed by atoms with E-state index in [0.29, 0.717) is 29.2 Å². The molecule has 0 radical (unpaired) electrons. The highest BCUT2D eigenvalue weighted by molar-refractivity contribution is 5.67. The lowest BCUT2D eigenvalue weighted by molar-refractivity contribution is -0.148. The van der Waals surface area contributed by atoms with Crippen molar-refractivity contribution in [3.05, 3.63) is 48.6 Å². The van der Waals surface area contributed by atoms with Crippen molar-refractivity contribution in [2.45, 2.75) is 31.3 Å². The Kier molecular flexibility index (Phi) is 4.59. The number of rotatable bonds is 7. The number of epoxide rings is 1. The lowest BCUT2D eigenvalue weighted by Gasteiger charge is -2.29. The van der Waals surface area contributed by atoms with E-state index in [0.717, 1.165) is 0 Å². The Balaban J connectivity index is 2.08. The molecule has 2 aliphatic rings. The first-order valence-electron chi connectivity index (χ1n) is 7.73. The van der Waals surface area contributed by atoms with E-state index in [9.17, 15) is 9.90 Å². The molecule has 1 aromatic carbocycles. The van der Waals surface area contributed by atoms with E-state index in [1.807, 2.05) is 0 Å². The number of fused-ring (bicyclic) bond motifs is 2. The molecule has 4 atom stereocenters. The number of esters is 1. The number of ether oxygens (including phenoxy) is 4. The zero-order valence-electron chi connectivity index (χ0n) is 13.4. The van der Waals surface area contributed by atoms with E-state index >= 15 is 0 Å². The van der Waals surface area contributed by atoms with Crippen LogP contribution in [0.1, 0.15) is 30.3 Å². The van der Waals surface area contributed by atoms with Crippen molar-refractivity contribution in [2.75, 3.05) is 13.2 Å². The first-order valence-corrected chi connectivity index (χ1v) is 7.73. The number of aliphatic hydroxyl groups excluding tert-OH is 1. The first-order chi connectivity index (χ1) is 11.6. The fraction of sp³-hybridized carbons (Fsp3) is 0.389. The Morgan fingerprint density at radius 3 is 2.29 bits per heavy atom. The van der Waals surface area contributed by atoms with Crippen LogP contribution in [0.25, 0.3) is 0 Å². The third-order valence-electron chi connectivity index (χ3n) is 3.96. The minimum absolute atomic E-state index is 0.289. The van der Waals surface area contributed by atoms with Crippen LogP contribution in [0.3, 0.4) is 0 Å². The van der Waals surface area contributed by atoms with Gasteiger partial charge in [0.1, 0.15) is 43.0 Å². The minimum Gasteiger partial charge on any atom is -0.489 e. The molecule has 1 N–H and O–H groups in total. The van der Waals surface area contributed by atoms with Crippen molar-refractivity contribution in [1.82, 2.24) is 0 Å². The highest BCUT2D eigenvalue weighted by Gasteiger charge is 2.58. The topological polar surface area (TPSA) is 77.5 Å². The molecule has 1 fully saturated rings. The number of hydrogen-bond donors (Lipinski definition) is 1. The molecular weight excluding hydrogens is 312 g/mol. The molecular formula is C18H20O6. The molecule has 24 heavy (non-hydrogen) atoms. The zero-order chi connectivity index (χ0) is 17.3. The summed E-state index contributed by atoms with van der Waals surface area (Å²) in [6.45, 7) is 9.17. The summed E-state index contributed by atoms with van der Waals surface area (Å²) in [7, 11) is 0. The van der Waals surface area contributed by atoms with Gasteiger partial charge in [0.05, 0.1) is 0 Å². The Bertz CT molecular complexity index is 668. The van der Waals surface area contributed by atoms with E-state index in [2.05, 4.69) is 13.2 Å². The summed E-state index contributed by atoms with van der Waals surface area (Å²) in [6, 6.07) is 3.45. The number of aliphatic hydroxyl groups is 1. The van der Waals surface area contributed by atoms with Crippen molar-refractivity contribution in [2.24, 2.45) is 0 Å². The van der Waals surface area contributed by atoms with Gasteiger partial charge in [-0.25, -0.2) is 0 Å². The second-order valence-corrected chi connectivity index (χ2v) is 5.63. The van der Waals surface area contributed by atoms with Crippen molar-refractivity contribution < 1.29 is 28.8 Å². The predicted molar refractivity (Wildman–Crippen MR) is 86.0 cm³/mol. The van der Waals surface area contributed by atoms with Crippen LogP contribution < -0.4 is 9.47 Å². The molecule has 6 nitrogen and oxygen atoms in total. The molecule has 0 bridgehead atoms. The second-order valence-electron chi connectivity index (χ2n) is 5.63. The minimum atomic E-state index is -0.871. The average molecular weight is 332 g/mol. The van der Waals surface area contributed by atoms with Crippen LogP contribution in [-0.4, -0.2) is 36.5 Å². The van der Waals surface area contributed by atoms with E-state index in [4.69, 9.17) is 18.9 Å². The molecule has 1 aliphatic carbocycles. The van der Waals surface area contributed by atoms with Gasteiger partial charge in [-0.15, -0.1) is 0 Å². The van der Waals surface area contributed by atoms with Gasteiger partial charge in [-0.2, -0.15) is 0 Å². The number of carbonyl (C=O) groups is 1. The quantitative estimate of drug-likeness (QED) is 0.469. The summed E-state index contributed by atoms with van der Waals surface area (Å²) in [5.41, 5.74) is 1.11. The highest BCUT2D eigenvalue weighted by Crippen LogP contribution is 2.55. The maximum atomic E-state index is 11.5. The summed E-state index contributed by atoms with van der Waals surface area (Å²) in [5.74, 6) is 0.577.